The molecular formula is C20H20FN3O4S. The van der Waals surface area contributed by atoms with Gasteiger partial charge in [-0.05, 0) is 50.3 Å². The van der Waals surface area contributed by atoms with Crippen molar-refractivity contribution < 1.29 is 24.1 Å². The van der Waals surface area contributed by atoms with Gasteiger partial charge in [-0.15, -0.1) is 11.3 Å². The van der Waals surface area contributed by atoms with Gasteiger partial charge in [0.15, 0.2) is 0 Å². The van der Waals surface area contributed by atoms with E-state index in [1.54, 1.807) is 13.0 Å². The van der Waals surface area contributed by atoms with Gasteiger partial charge in [-0.3, -0.25) is 0 Å². The van der Waals surface area contributed by atoms with Crippen LogP contribution in [0.5, 0.6) is 5.75 Å². The summed E-state index contributed by atoms with van der Waals surface area (Å²) in [6.45, 7) is 1.71. The number of aromatic nitrogens is 2. The minimum Gasteiger partial charge on any atom is -0.488 e. The monoisotopic (exact) mass is 417 g/mol. The first-order chi connectivity index (χ1) is 13.9. The van der Waals surface area contributed by atoms with Crippen LogP contribution in [-0.4, -0.2) is 38.4 Å². The first-order valence-corrected chi connectivity index (χ1v) is 10.1. The van der Waals surface area contributed by atoms with Crippen molar-refractivity contribution in [3.63, 3.8) is 0 Å². The van der Waals surface area contributed by atoms with Crippen LogP contribution >= 0.6 is 11.3 Å². The Morgan fingerprint density at radius 2 is 2.03 bits per heavy atom. The summed E-state index contributed by atoms with van der Waals surface area (Å²) >= 11 is 1.09. The van der Waals surface area contributed by atoms with Gasteiger partial charge in [0.05, 0.1) is 23.3 Å². The highest BCUT2D eigenvalue weighted by Gasteiger charge is 2.23. The zero-order valence-corrected chi connectivity index (χ0v) is 16.5. The van der Waals surface area contributed by atoms with Gasteiger partial charge in [-0.25, -0.2) is 19.2 Å². The number of aromatic carboxylic acids is 1. The van der Waals surface area contributed by atoms with Crippen LogP contribution in [0, 0.1) is 12.7 Å². The second-order valence-corrected chi connectivity index (χ2v) is 8.08. The number of ether oxygens (including phenoxy) is 1. The number of carboxylic acids is 1. The van der Waals surface area contributed by atoms with Crippen molar-refractivity contribution in [1.82, 2.24) is 9.97 Å². The maximum atomic E-state index is 13.9. The second kappa shape index (κ2) is 7.92. The SMILES string of the molecule is Cc1c(C(=O)O)sc2ncnc(Nc3ccc(F)cc3OC3CCC(O)CC3)c12. The number of carbonyl (C=O) groups is 1. The number of fused-ring (bicyclic) bond motifs is 1. The van der Waals surface area contributed by atoms with Crippen molar-refractivity contribution in [2.24, 2.45) is 0 Å². The van der Waals surface area contributed by atoms with E-state index in [2.05, 4.69) is 15.3 Å². The number of thiophene rings is 1. The maximum Gasteiger partial charge on any atom is 0.346 e. The van der Waals surface area contributed by atoms with E-state index in [1.165, 1.54) is 18.5 Å². The lowest BCUT2D eigenvalue weighted by atomic mass is 9.95. The number of nitrogens with zero attached hydrogens (tertiary/aromatic N) is 2. The smallest absolute Gasteiger partial charge is 0.346 e. The number of rotatable bonds is 5. The highest BCUT2D eigenvalue weighted by Crippen LogP contribution is 2.37. The first-order valence-electron chi connectivity index (χ1n) is 9.31. The highest BCUT2D eigenvalue weighted by atomic mass is 32.1. The number of benzene rings is 1. The van der Waals surface area contributed by atoms with Crippen molar-refractivity contribution in [2.75, 3.05) is 5.32 Å². The predicted molar refractivity (Wildman–Crippen MR) is 108 cm³/mol. The van der Waals surface area contributed by atoms with E-state index in [1.807, 2.05) is 0 Å². The molecule has 4 rings (SSSR count). The fourth-order valence-corrected chi connectivity index (χ4v) is 4.53. The second-order valence-electron chi connectivity index (χ2n) is 7.08. The molecule has 0 bridgehead atoms. The fourth-order valence-electron chi connectivity index (χ4n) is 3.54. The number of aliphatic hydroxyl groups is 1. The molecule has 2 heterocycles. The summed E-state index contributed by atoms with van der Waals surface area (Å²) in [7, 11) is 0. The van der Waals surface area contributed by atoms with Gasteiger partial charge in [0.25, 0.3) is 0 Å². The zero-order chi connectivity index (χ0) is 20.5. The van der Waals surface area contributed by atoms with Gasteiger partial charge in [0.2, 0.25) is 0 Å². The third-order valence-corrected chi connectivity index (χ3v) is 6.24. The molecule has 1 fully saturated rings. The van der Waals surface area contributed by atoms with E-state index < -0.39 is 11.8 Å². The number of hydrogen-bond acceptors (Lipinski definition) is 7. The average molecular weight is 417 g/mol. The number of hydrogen-bond donors (Lipinski definition) is 3. The Labute approximate surface area is 170 Å². The maximum absolute atomic E-state index is 13.9. The van der Waals surface area contributed by atoms with Crippen LogP contribution in [0.4, 0.5) is 15.9 Å². The van der Waals surface area contributed by atoms with Gasteiger partial charge in [-0.2, -0.15) is 0 Å². The minimum absolute atomic E-state index is 0.104. The summed E-state index contributed by atoms with van der Waals surface area (Å²) in [6, 6.07) is 4.20. The normalized spacial score (nSPS) is 19.3. The quantitative estimate of drug-likeness (QED) is 0.570. The molecule has 1 saturated carbocycles. The summed E-state index contributed by atoms with van der Waals surface area (Å²) in [4.78, 5) is 20.7. The molecule has 0 spiro atoms. The van der Waals surface area contributed by atoms with Crippen LogP contribution in [0.25, 0.3) is 10.2 Å². The number of halogens is 1. The summed E-state index contributed by atoms with van der Waals surface area (Å²) in [5.41, 5.74) is 1.10. The number of anilines is 2. The molecule has 0 atom stereocenters. The molecule has 1 aliphatic carbocycles. The lowest BCUT2D eigenvalue weighted by Crippen LogP contribution is -2.26. The number of nitrogens with one attached hydrogen (secondary N) is 1. The molecule has 1 aliphatic rings. The Kier molecular flexibility index (Phi) is 5.33. The summed E-state index contributed by atoms with van der Waals surface area (Å²) < 4.78 is 19.9. The molecule has 29 heavy (non-hydrogen) atoms. The van der Waals surface area contributed by atoms with Gasteiger partial charge in [0, 0.05) is 6.07 Å². The molecule has 152 valence electrons. The molecule has 9 heteroatoms. The molecule has 0 radical (unpaired) electrons. The average Bonchev–Trinajstić information content (AvgIpc) is 3.04. The molecule has 2 aromatic heterocycles. The van der Waals surface area contributed by atoms with Gasteiger partial charge >= 0.3 is 5.97 Å². The largest absolute Gasteiger partial charge is 0.488 e. The number of carboxylic acid groups (broad SMARTS) is 1. The summed E-state index contributed by atoms with van der Waals surface area (Å²) in [5, 5.41) is 22.8. The Balaban J connectivity index is 1.67. The molecule has 0 unspecified atom stereocenters. The van der Waals surface area contributed by atoms with E-state index in [0.29, 0.717) is 58.7 Å². The number of aliphatic hydroxyl groups excluding tert-OH is 1. The van der Waals surface area contributed by atoms with E-state index in [4.69, 9.17) is 4.74 Å². The molecule has 3 aromatic rings. The lowest BCUT2D eigenvalue weighted by Gasteiger charge is -2.27. The highest BCUT2D eigenvalue weighted by molar-refractivity contribution is 7.20. The molecular weight excluding hydrogens is 397 g/mol. The molecule has 3 N–H and O–H groups in total. The van der Waals surface area contributed by atoms with E-state index in [0.717, 1.165) is 11.3 Å². The molecule has 0 aliphatic heterocycles. The zero-order valence-electron chi connectivity index (χ0n) is 15.7. The van der Waals surface area contributed by atoms with Crippen molar-refractivity contribution >= 4 is 39.0 Å². The third-order valence-electron chi connectivity index (χ3n) is 5.06. The predicted octanol–water partition coefficient (Wildman–Crippen LogP) is 4.26. The van der Waals surface area contributed by atoms with Crippen LogP contribution in [0.15, 0.2) is 24.5 Å². The summed E-state index contributed by atoms with van der Waals surface area (Å²) in [6.07, 6.45) is 3.65. The minimum atomic E-state index is -1.01. The lowest BCUT2D eigenvalue weighted by molar-refractivity contribution is 0.0668. The Morgan fingerprint density at radius 3 is 2.76 bits per heavy atom. The Hall–Kier alpha value is -2.78. The van der Waals surface area contributed by atoms with Gasteiger partial charge in [-0.1, -0.05) is 0 Å². The van der Waals surface area contributed by atoms with E-state index in [-0.39, 0.29) is 17.1 Å². The van der Waals surface area contributed by atoms with Crippen LogP contribution in [0.2, 0.25) is 0 Å². The standard InChI is InChI=1S/C20H20FN3O4S/c1-10-16-18(22-9-23-19(16)29-17(10)20(26)27)24-14-7-2-11(21)8-15(14)28-13-5-3-12(25)4-6-13/h2,7-9,12-13,25H,3-6H2,1H3,(H,26,27)(H,22,23,24). The van der Waals surface area contributed by atoms with E-state index >= 15 is 0 Å². The molecule has 0 saturated heterocycles. The number of aryl methyl sites for hydroxylation is 1. The van der Waals surface area contributed by atoms with Crippen molar-refractivity contribution in [3.05, 3.63) is 40.8 Å². The van der Waals surface area contributed by atoms with Crippen molar-refractivity contribution in [2.45, 2.75) is 44.8 Å². The van der Waals surface area contributed by atoms with Crippen molar-refractivity contribution in [3.8, 4) is 5.75 Å². The van der Waals surface area contributed by atoms with Crippen molar-refractivity contribution in [1.29, 1.82) is 0 Å². The van der Waals surface area contributed by atoms with E-state index in [9.17, 15) is 19.4 Å². The van der Waals surface area contributed by atoms with Crippen LogP contribution < -0.4 is 10.1 Å². The topological polar surface area (TPSA) is 105 Å². The fraction of sp³-hybridized carbons (Fsp3) is 0.350. The third kappa shape index (κ3) is 4.01. The Morgan fingerprint density at radius 1 is 1.28 bits per heavy atom. The van der Waals surface area contributed by atoms with Gasteiger partial charge in [0.1, 0.15) is 33.4 Å². The van der Waals surface area contributed by atoms with Crippen LogP contribution in [-0.2, 0) is 0 Å². The first kappa shape index (κ1) is 19.5. The molecule has 0 amide bonds. The van der Waals surface area contributed by atoms with Crippen LogP contribution in [0.3, 0.4) is 0 Å². The Bertz CT molecular complexity index is 1060. The molecule has 7 nitrogen and oxygen atoms in total. The van der Waals surface area contributed by atoms with Crippen LogP contribution in [0.1, 0.15) is 40.9 Å². The summed E-state index contributed by atoms with van der Waals surface area (Å²) in [5.74, 6) is -0.646. The molecule has 1 aromatic carbocycles. The van der Waals surface area contributed by atoms with Gasteiger partial charge < -0.3 is 20.3 Å².